The molecule has 100 valence electrons. The smallest absolute Gasteiger partial charge is 0.265 e. The molecule has 0 atom stereocenters. The Bertz CT molecular complexity index is 775. The van der Waals surface area contributed by atoms with Gasteiger partial charge >= 0.3 is 0 Å². The summed E-state index contributed by atoms with van der Waals surface area (Å²) < 4.78 is 0. The summed E-state index contributed by atoms with van der Waals surface area (Å²) in [6.07, 6.45) is 1.72. The molecule has 3 aromatic rings. The van der Waals surface area contributed by atoms with Gasteiger partial charge in [0.1, 0.15) is 10.7 Å². The average Bonchev–Trinajstić information content (AvgIpc) is 3.08. The van der Waals surface area contributed by atoms with E-state index in [1.54, 1.807) is 12.3 Å². The molecule has 0 radical (unpaired) electrons. The van der Waals surface area contributed by atoms with Gasteiger partial charge in [0.25, 0.3) is 5.91 Å². The summed E-state index contributed by atoms with van der Waals surface area (Å²) >= 11 is 1.53. The fourth-order valence-electron chi connectivity index (χ4n) is 1.90. The molecule has 0 aliphatic carbocycles. The molecule has 3 rings (SSSR count). The van der Waals surface area contributed by atoms with E-state index in [0.29, 0.717) is 11.4 Å². The van der Waals surface area contributed by atoms with Crippen LogP contribution < -0.4 is 11.5 Å². The highest BCUT2D eigenvalue weighted by Gasteiger charge is 2.10. The highest BCUT2D eigenvalue weighted by atomic mass is 32.1. The molecular weight excluding hydrogens is 272 g/mol. The molecule has 2 heterocycles. The van der Waals surface area contributed by atoms with Gasteiger partial charge in [0.05, 0.1) is 5.69 Å². The lowest BCUT2D eigenvalue weighted by atomic mass is 10.2. The fourth-order valence-corrected chi connectivity index (χ4v) is 2.72. The third-order valence-corrected chi connectivity index (χ3v) is 3.77. The lowest BCUT2D eigenvalue weighted by Gasteiger charge is -1.97. The number of aromatic amines is 1. The summed E-state index contributed by atoms with van der Waals surface area (Å²) in [4.78, 5) is 18.5. The number of amides is 1. The minimum Gasteiger partial charge on any atom is -0.399 e. The highest BCUT2D eigenvalue weighted by molar-refractivity contribution is 7.13. The third kappa shape index (κ3) is 2.28. The first-order chi connectivity index (χ1) is 9.63. The predicted octanol–water partition coefficient (Wildman–Crippen LogP) is 2.49. The zero-order valence-corrected chi connectivity index (χ0v) is 11.3. The lowest BCUT2D eigenvalue weighted by Crippen LogP contribution is -2.10. The summed E-state index contributed by atoms with van der Waals surface area (Å²) in [6.45, 7) is 0. The van der Waals surface area contributed by atoms with Crippen LogP contribution >= 0.6 is 11.3 Å². The van der Waals surface area contributed by atoms with Crippen LogP contribution in [0.2, 0.25) is 0 Å². The maximum Gasteiger partial charge on any atom is 0.265 e. The first-order valence-electron chi connectivity index (χ1n) is 5.93. The van der Waals surface area contributed by atoms with E-state index in [-0.39, 0.29) is 0 Å². The largest absolute Gasteiger partial charge is 0.399 e. The number of nitrogens with one attached hydrogen (secondary N) is 1. The van der Waals surface area contributed by atoms with Crippen molar-refractivity contribution in [1.29, 1.82) is 0 Å². The quantitative estimate of drug-likeness (QED) is 0.644. The van der Waals surface area contributed by atoms with Crippen molar-refractivity contribution in [2.45, 2.75) is 0 Å². The fraction of sp³-hybridized carbons (Fsp3) is 0. The van der Waals surface area contributed by atoms with Crippen LogP contribution in [-0.4, -0.2) is 15.9 Å². The summed E-state index contributed by atoms with van der Waals surface area (Å²) in [5.41, 5.74) is 14.7. The maximum absolute atomic E-state index is 11.1. The van der Waals surface area contributed by atoms with Crippen LogP contribution in [0.5, 0.6) is 0 Å². The predicted molar refractivity (Wildman–Crippen MR) is 80.3 cm³/mol. The third-order valence-electron chi connectivity index (χ3n) is 2.88. The second-order valence-corrected chi connectivity index (χ2v) is 5.19. The van der Waals surface area contributed by atoms with Crippen LogP contribution in [-0.2, 0) is 0 Å². The standard InChI is InChI=1S/C14H12N4OS/c15-10-3-1-2-8(4-10)14-18-12(7-20-14)9-5-11(13(16)19)17-6-9/h1-7,17H,15H2,(H2,16,19). The van der Waals surface area contributed by atoms with Crippen molar-refractivity contribution < 1.29 is 4.79 Å². The van der Waals surface area contributed by atoms with Crippen LogP contribution in [0.25, 0.3) is 21.8 Å². The number of nitrogen functional groups attached to an aromatic ring is 1. The number of nitrogens with two attached hydrogens (primary N) is 2. The van der Waals surface area contributed by atoms with Gasteiger partial charge in [0, 0.05) is 28.4 Å². The topological polar surface area (TPSA) is 97.8 Å². The summed E-state index contributed by atoms with van der Waals surface area (Å²) in [7, 11) is 0. The molecule has 1 amide bonds. The van der Waals surface area contributed by atoms with Crippen molar-refractivity contribution in [2.24, 2.45) is 5.73 Å². The van der Waals surface area contributed by atoms with Crippen molar-refractivity contribution >= 4 is 22.9 Å². The van der Waals surface area contributed by atoms with Gasteiger partial charge in [-0.25, -0.2) is 4.98 Å². The number of carbonyl (C=O) groups excluding carboxylic acids is 1. The molecule has 0 unspecified atom stereocenters. The van der Waals surface area contributed by atoms with Crippen molar-refractivity contribution in [2.75, 3.05) is 5.73 Å². The number of H-pyrrole nitrogens is 1. The number of primary amides is 1. The minimum absolute atomic E-state index is 0.374. The molecule has 5 nitrogen and oxygen atoms in total. The zero-order valence-electron chi connectivity index (χ0n) is 10.5. The first-order valence-corrected chi connectivity index (χ1v) is 6.81. The van der Waals surface area contributed by atoms with Crippen molar-refractivity contribution in [3.8, 4) is 21.8 Å². The Morgan fingerprint density at radius 2 is 2.10 bits per heavy atom. The van der Waals surface area contributed by atoms with Crippen LogP contribution in [0.1, 0.15) is 10.5 Å². The number of carbonyl (C=O) groups is 1. The lowest BCUT2D eigenvalue weighted by molar-refractivity contribution is 0.0996. The molecule has 5 N–H and O–H groups in total. The van der Waals surface area contributed by atoms with E-state index in [1.807, 2.05) is 29.6 Å². The normalized spacial score (nSPS) is 10.6. The van der Waals surface area contributed by atoms with Crippen LogP contribution in [0.4, 0.5) is 5.69 Å². The molecule has 0 spiro atoms. The van der Waals surface area contributed by atoms with Gasteiger partial charge < -0.3 is 16.5 Å². The van der Waals surface area contributed by atoms with Gasteiger partial charge in [0.2, 0.25) is 0 Å². The molecule has 0 bridgehead atoms. The number of anilines is 1. The van der Waals surface area contributed by atoms with Crippen LogP contribution in [0.3, 0.4) is 0 Å². The molecule has 0 saturated carbocycles. The average molecular weight is 284 g/mol. The number of benzene rings is 1. The summed E-state index contributed by atoms with van der Waals surface area (Å²) in [6, 6.07) is 9.27. The molecule has 6 heteroatoms. The number of hydrogen-bond acceptors (Lipinski definition) is 4. The van der Waals surface area contributed by atoms with E-state index in [4.69, 9.17) is 11.5 Å². The van der Waals surface area contributed by atoms with Gasteiger partial charge in [-0.3, -0.25) is 4.79 Å². The Balaban J connectivity index is 1.95. The van der Waals surface area contributed by atoms with E-state index in [1.165, 1.54) is 11.3 Å². The number of hydrogen-bond donors (Lipinski definition) is 3. The highest BCUT2D eigenvalue weighted by Crippen LogP contribution is 2.29. The monoisotopic (exact) mass is 284 g/mol. The summed E-state index contributed by atoms with van der Waals surface area (Å²) in [5.74, 6) is -0.484. The Kier molecular flexibility index (Phi) is 3.00. The molecule has 0 aliphatic rings. The van der Waals surface area contributed by atoms with E-state index in [0.717, 1.165) is 21.8 Å². The van der Waals surface area contributed by atoms with Crippen molar-refractivity contribution in [1.82, 2.24) is 9.97 Å². The van der Waals surface area contributed by atoms with Crippen LogP contribution in [0.15, 0.2) is 41.9 Å². The number of aromatic nitrogens is 2. The molecule has 1 aromatic carbocycles. The molecule has 0 fully saturated rings. The summed E-state index contributed by atoms with van der Waals surface area (Å²) in [5, 5.41) is 2.82. The van der Waals surface area contributed by atoms with Crippen molar-refractivity contribution in [3.05, 3.63) is 47.6 Å². The second kappa shape index (κ2) is 4.82. The van der Waals surface area contributed by atoms with Gasteiger partial charge in [-0.1, -0.05) is 12.1 Å². The van der Waals surface area contributed by atoms with Gasteiger partial charge in [-0.15, -0.1) is 11.3 Å². The minimum atomic E-state index is -0.484. The molecule has 0 aliphatic heterocycles. The molecule has 2 aromatic heterocycles. The Hall–Kier alpha value is -2.60. The van der Waals surface area contributed by atoms with E-state index < -0.39 is 5.91 Å². The Morgan fingerprint density at radius 3 is 2.80 bits per heavy atom. The van der Waals surface area contributed by atoms with E-state index in [9.17, 15) is 4.79 Å². The van der Waals surface area contributed by atoms with Gasteiger partial charge in [-0.2, -0.15) is 0 Å². The van der Waals surface area contributed by atoms with Gasteiger partial charge in [-0.05, 0) is 18.2 Å². The van der Waals surface area contributed by atoms with Crippen molar-refractivity contribution in [3.63, 3.8) is 0 Å². The first kappa shape index (κ1) is 12.4. The SMILES string of the molecule is NC(=O)c1cc(-c2csc(-c3cccc(N)c3)n2)c[nH]1. The van der Waals surface area contributed by atoms with E-state index in [2.05, 4.69) is 9.97 Å². The Morgan fingerprint density at radius 1 is 1.25 bits per heavy atom. The molecular formula is C14H12N4OS. The zero-order chi connectivity index (χ0) is 14.1. The maximum atomic E-state index is 11.1. The van der Waals surface area contributed by atoms with E-state index >= 15 is 0 Å². The van der Waals surface area contributed by atoms with Gasteiger partial charge in [0.15, 0.2) is 0 Å². The van der Waals surface area contributed by atoms with Crippen LogP contribution in [0, 0.1) is 0 Å². The Labute approximate surface area is 119 Å². The molecule has 20 heavy (non-hydrogen) atoms. The number of rotatable bonds is 3. The molecule has 0 saturated heterocycles. The number of nitrogens with zero attached hydrogens (tertiary/aromatic N) is 1. The second-order valence-electron chi connectivity index (χ2n) is 4.33. The number of thiazole rings is 1.